The lowest BCUT2D eigenvalue weighted by atomic mass is 10.1. The number of hydrogen-bond acceptors (Lipinski definition) is 3. The maximum atomic E-state index is 12.2. The van der Waals surface area contributed by atoms with Crippen LogP contribution in [-0.2, 0) is 0 Å². The third-order valence-electron chi connectivity index (χ3n) is 1.88. The molecule has 0 aliphatic carbocycles. The van der Waals surface area contributed by atoms with E-state index in [1.165, 1.54) is 18.2 Å². The maximum Gasteiger partial charge on any atom is 0.446 e. The first-order valence-corrected chi connectivity index (χ1v) is 6.51. The van der Waals surface area contributed by atoms with E-state index in [2.05, 4.69) is 15.9 Å². The SMILES string of the molecule is Nc1ccc(SC(F)(F)F)cc1C(=O)CCBr. The van der Waals surface area contributed by atoms with Crippen molar-refractivity contribution in [2.24, 2.45) is 0 Å². The molecule has 0 radical (unpaired) electrons. The van der Waals surface area contributed by atoms with Crippen molar-refractivity contribution in [2.45, 2.75) is 16.8 Å². The Morgan fingerprint density at radius 3 is 2.59 bits per heavy atom. The molecule has 0 amide bonds. The molecule has 94 valence electrons. The number of hydrogen-bond donors (Lipinski definition) is 1. The van der Waals surface area contributed by atoms with Gasteiger partial charge in [-0.1, -0.05) is 15.9 Å². The highest BCUT2D eigenvalue weighted by Crippen LogP contribution is 2.37. The zero-order chi connectivity index (χ0) is 13.1. The molecule has 0 saturated heterocycles. The molecule has 0 spiro atoms. The van der Waals surface area contributed by atoms with E-state index in [1.807, 2.05) is 0 Å². The number of Topliss-reactive ketones (excluding diaryl/α,β-unsaturated/α-hetero) is 1. The molecule has 0 unspecified atom stereocenters. The summed E-state index contributed by atoms with van der Waals surface area (Å²) in [5, 5.41) is 0.446. The van der Waals surface area contributed by atoms with Gasteiger partial charge in [0.2, 0.25) is 0 Å². The topological polar surface area (TPSA) is 43.1 Å². The van der Waals surface area contributed by atoms with E-state index in [1.54, 1.807) is 0 Å². The molecule has 1 rings (SSSR count). The highest BCUT2D eigenvalue weighted by atomic mass is 79.9. The van der Waals surface area contributed by atoms with Gasteiger partial charge in [0.25, 0.3) is 0 Å². The molecule has 0 bridgehead atoms. The summed E-state index contributed by atoms with van der Waals surface area (Å²) >= 11 is 2.83. The Hall–Kier alpha value is -0.690. The zero-order valence-electron chi connectivity index (χ0n) is 8.55. The van der Waals surface area contributed by atoms with Gasteiger partial charge in [0.15, 0.2) is 5.78 Å². The van der Waals surface area contributed by atoms with Crippen LogP contribution in [0, 0.1) is 0 Å². The van der Waals surface area contributed by atoms with Gasteiger partial charge in [0.05, 0.1) is 0 Å². The fourth-order valence-corrected chi connectivity index (χ4v) is 2.13. The van der Waals surface area contributed by atoms with Crippen LogP contribution in [0.4, 0.5) is 18.9 Å². The maximum absolute atomic E-state index is 12.2. The Balaban J connectivity index is 2.98. The van der Waals surface area contributed by atoms with E-state index in [0.29, 0.717) is 5.33 Å². The van der Waals surface area contributed by atoms with Gasteiger partial charge in [-0.15, -0.1) is 0 Å². The summed E-state index contributed by atoms with van der Waals surface area (Å²) in [6.07, 6.45) is 0.199. The molecule has 0 heterocycles. The summed E-state index contributed by atoms with van der Waals surface area (Å²) in [6.45, 7) is 0. The van der Waals surface area contributed by atoms with Gasteiger partial charge in [-0.25, -0.2) is 0 Å². The first-order valence-electron chi connectivity index (χ1n) is 4.58. The van der Waals surface area contributed by atoms with Crippen molar-refractivity contribution in [2.75, 3.05) is 11.1 Å². The smallest absolute Gasteiger partial charge is 0.398 e. The molecular formula is C10H9BrF3NOS. The number of nitrogen functional groups attached to an aromatic ring is 1. The lowest BCUT2D eigenvalue weighted by Gasteiger charge is -2.09. The van der Waals surface area contributed by atoms with E-state index in [0.717, 1.165) is 0 Å². The van der Waals surface area contributed by atoms with Crippen molar-refractivity contribution in [3.8, 4) is 0 Å². The minimum absolute atomic E-state index is 0.0374. The Labute approximate surface area is 109 Å². The number of alkyl halides is 4. The van der Waals surface area contributed by atoms with E-state index < -0.39 is 5.51 Å². The summed E-state index contributed by atoms with van der Waals surface area (Å²) in [7, 11) is 0. The molecule has 2 nitrogen and oxygen atoms in total. The molecule has 0 atom stereocenters. The molecular weight excluding hydrogens is 319 g/mol. The second kappa shape index (κ2) is 5.77. The summed E-state index contributed by atoms with van der Waals surface area (Å²) in [6, 6.07) is 3.74. The molecule has 0 aliphatic rings. The van der Waals surface area contributed by atoms with Crippen LogP contribution in [0.3, 0.4) is 0 Å². The molecule has 0 aromatic heterocycles. The van der Waals surface area contributed by atoms with Gasteiger partial charge in [0.1, 0.15) is 0 Å². The largest absolute Gasteiger partial charge is 0.446 e. The quantitative estimate of drug-likeness (QED) is 0.395. The first kappa shape index (κ1) is 14.4. The highest BCUT2D eigenvalue weighted by molar-refractivity contribution is 9.09. The molecule has 0 aliphatic heterocycles. The normalized spacial score (nSPS) is 11.5. The van der Waals surface area contributed by atoms with E-state index in [-0.39, 0.29) is 40.1 Å². The predicted octanol–water partition coefficient (Wildman–Crippen LogP) is 3.85. The van der Waals surface area contributed by atoms with E-state index >= 15 is 0 Å². The highest BCUT2D eigenvalue weighted by Gasteiger charge is 2.29. The number of nitrogens with two attached hydrogens (primary N) is 1. The van der Waals surface area contributed by atoms with Crippen LogP contribution in [0.2, 0.25) is 0 Å². The Morgan fingerprint density at radius 2 is 2.06 bits per heavy atom. The average molecular weight is 328 g/mol. The molecule has 1 aromatic carbocycles. The number of ketones is 1. The molecule has 0 saturated carbocycles. The number of rotatable bonds is 4. The third-order valence-corrected chi connectivity index (χ3v) is 3.00. The molecule has 0 fully saturated rings. The second-order valence-electron chi connectivity index (χ2n) is 3.16. The van der Waals surface area contributed by atoms with Crippen LogP contribution in [0.25, 0.3) is 0 Å². The first-order chi connectivity index (χ1) is 7.83. The van der Waals surface area contributed by atoms with Crippen LogP contribution in [0.1, 0.15) is 16.8 Å². The summed E-state index contributed by atoms with van der Waals surface area (Å²) in [5.74, 6) is -0.274. The van der Waals surface area contributed by atoms with Crippen molar-refractivity contribution < 1.29 is 18.0 Å². The van der Waals surface area contributed by atoms with Crippen LogP contribution in [-0.4, -0.2) is 16.6 Å². The van der Waals surface area contributed by atoms with Crippen LogP contribution in [0.5, 0.6) is 0 Å². The third kappa shape index (κ3) is 4.59. The standard InChI is InChI=1S/C10H9BrF3NOS/c11-4-3-9(16)7-5-6(1-2-8(7)15)17-10(12,13)14/h1-2,5H,3-4,15H2. The Kier molecular flexibility index (Phi) is 4.88. The zero-order valence-corrected chi connectivity index (χ0v) is 11.0. The second-order valence-corrected chi connectivity index (χ2v) is 5.09. The summed E-state index contributed by atoms with van der Waals surface area (Å²) in [4.78, 5) is 11.5. The van der Waals surface area contributed by atoms with Crippen LogP contribution in [0.15, 0.2) is 23.1 Å². The number of thioether (sulfide) groups is 1. The Bertz CT molecular complexity index is 423. The predicted molar refractivity (Wildman–Crippen MR) is 65.5 cm³/mol. The van der Waals surface area contributed by atoms with E-state index in [9.17, 15) is 18.0 Å². The lowest BCUT2D eigenvalue weighted by molar-refractivity contribution is -0.0328. The van der Waals surface area contributed by atoms with Gasteiger partial charge in [-0.3, -0.25) is 4.79 Å². The van der Waals surface area contributed by atoms with E-state index in [4.69, 9.17) is 5.73 Å². The minimum atomic E-state index is -4.37. The average Bonchev–Trinajstić information content (AvgIpc) is 2.19. The molecule has 2 N–H and O–H groups in total. The summed E-state index contributed by atoms with van der Waals surface area (Å²) < 4.78 is 36.5. The van der Waals surface area contributed by atoms with Gasteiger partial charge in [-0.05, 0) is 30.0 Å². The number of halogens is 4. The molecule has 17 heavy (non-hydrogen) atoms. The van der Waals surface area contributed by atoms with Gasteiger partial charge in [0, 0.05) is 27.9 Å². The lowest BCUT2D eigenvalue weighted by Crippen LogP contribution is -2.05. The Morgan fingerprint density at radius 1 is 1.41 bits per heavy atom. The number of benzene rings is 1. The summed E-state index contributed by atoms with van der Waals surface area (Å²) in [5.41, 5.74) is 1.52. The minimum Gasteiger partial charge on any atom is -0.398 e. The van der Waals surface area contributed by atoms with Crippen molar-refractivity contribution in [1.82, 2.24) is 0 Å². The monoisotopic (exact) mass is 327 g/mol. The fourth-order valence-electron chi connectivity index (χ4n) is 1.19. The van der Waals surface area contributed by atoms with Crippen molar-refractivity contribution >= 4 is 39.2 Å². The van der Waals surface area contributed by atoms with Crippen LogP contribution < -0.4 is 5.73 Å². The van der Waals surface area contributed by atoms with Gasteiger partial charge >= 0.3 is 5.51 Å². The van der Waals surface area contributed by atoms with Gasteiger partial charge < -0.3 is 5.73 Å². The number of carbonyl (C=O) groups excluding carboxylic acids is 1. The number of anilines is 1. The van der Waals surface area contributed by atoms with Gasteiger partial charge in [-0.2, -0.15) is 13.2 Å². The molecule has 1 aromatic rings. The van der Waals surface area contributed by atoms with Crippen molar-refractivity contribution in [3.63, 3.8) is 0 Å². The fraction of sp³-hybridized carbons (Fsp3) is 0.300. The van der Waals surface area contributed by atoms with Crippen molar-refractivity contribution in [3.05, 3.63) is 23.8 Å². The van der Waals surface area contributed by atoms with Crippen LogP contribution >= 0.6 is 27.7 Å². The van der Waals surface area contributed by atoms with Crippen molar-refractivity contribution in [1.29, 1.82) is 0 Å². The molecule has 7 heteroatoms. The number of carbonyl (C=O) groups is 1.